The average molecular weight is 645 g/mol. The predicted molar refractivity (Wildman–Crippen MR) is 190 cm³/mol. The summed E-state index contributed by atoms with van der Waals surface area (Å²) >= 11 is 3.76. The average Bonchev–Trinajstić information content (AvgIpc) is 3.15. The third-order valence-electron chi connectivity index (χ3n) is 7.86. The van der Waals surface area contributed by atoms with Gasteiger partial charge in [-0.2, -0.15) is 0 Å². The summed E-state index contributed by atoms with van der Waals surface area (Å²) in [6.45, 7) is 36.3. The molecule has 0 amide bonds. The summed E-state index contributed by atoms with van der Waals surface area (Å²) in [6.07, 6.45) is 0.836. The van der Waals surface area contributed by atoms with Gasteiger partial charge in [0, 0.05) is 38.5 Å². The van der Waals surface area contributed by atoms with E-state index in [1.807, 2.05) is 37.4 Å². The lowest BCUT2D eigenvalue weighted by molar-refractivity contribution is -0.139. The van der Waals surface area contributed by atoms with Gasteiger partial charge in [-0.05, 0) is 73.6 Å². The molecule has 6 heteroatoms. The van der Waals surface area contributed by atoms with E-state index < -0.39 is 5.79 Å². The van der Waals surface area contributed by atoms with Gasteiger partial charge in [0.1, 0.15) is 11.5 Å². The lowest BCUT2D eigenvalue weighted by Crippen LogP contribution is -2.24. The maximum Gasteiger partial charge on any atom is 0.163 e. The SMILES string of the molecule is CC1(C)OC[C@H](CCOc2c(C(C)(C)C)cc(SC(C)(C)Sc3cc(C(C)(C)C)c(O)c(C(C)(C)C)c3)cc2C(C)(C)C)O1. The van der Waals surface area contributed by atoms with Gasteiger partial charge in [0.25, 0.3) is 0 Å². The largest absolute Gasteiger partial charge is 0.507 e. The van der Waals surface area contributed by atoms with E-state index in [4.69, 9.17) is 14.2 Å². The van der Waals surface area contributed by atoms with Gasteiger partial charge in [-0.25, -0.2) is 0 Å². The number of ether oxygens (including phenoxy) is 3. The molecule has 0 aromatic heterocycles. The minimum Gasteiger partial charge on any atom is -0.507 e. The van der Waals surface area contributed by atoms with Crippen LogP contribution in [-0.2, 0) is 31.1 Å². The van der Waals surface area contributed by atoms with E-state index in [0.29, 0.717) is 19.0 Å². The number of phenols is 1. The predicted octanol–water partition coefficient (Wildman–Crippen LogP) is 11.1. The highest BCUT2D eigenvalue weighted by Gasteiger charge is 2.34. The minimum absolute atomic E-state index is 0.0475. The minimum atomic E-state index is -0.524. The van der Waals surface area contributed by atoms with Crippen LogP contribution in [0.15, 0.2) is 34.1 Å². The Morgan fingerprint density at radius 2 is 1.09 bits per heavy atom. The van der Waals surface area contributed by atoms with Crippen molar-refractivity contribution in [2.24, 2.45) is 0 Å². The van der Waals surface area contributed by atoms with Gasteiger partial charge in [-0.1, -0.05) is 83.1 Å². The molecule has 1 heterocycles. The molecule has 1 saturated heterocycles. The van der Waals surface area contributed by atoms with E-state index >= 15 is 0 Å². The van der Waals surface area contributed by atoms with Crippen molar-refractivity contribution in [2.75, 3.05) is 13.2 Å². The van der Waals surface area contributed by atoms with E-state index in [2.05, 4.69) is 121 Å². The molecule has 44 heavy (non-hydrogen) atoms. The second-order valence-corrected chi connectivity index (χ2v) is 21.1. The maximum absolute atomic E-state index is 11.3. The van der Waals surface area contributed by atoms with Gasteiger partial charge in [-0.15, -0.1) is 23.5 Å². The second kappa shape index (κ2) is 12.7. The zero-order valence-electron chi connectivity index (χ0n) is 30.5. The molecule has 0 radical (unpaired) electrons. The van der Waals surface area contributed by atoms with Crippen molar-refractivity contribution in [1.29, 1.82) is 0 Å². The molecule has 1 atom stereocenters. The number of rotatable bonds is 8. The first-order valence-electron chi connectivity index (χ1n) is 16.1. The van der Waals surface area contributed by atoms with E-state index in [-0.39, 0.29) is 31.8 Å². The number of thioether (sulfide) groups is 2. The molecule has 2 aromatic rings. The van der Waals surface area contributed by atoms with Gasteiger partial charge in [0.15, 0.2) is 5.79 Å². The molecular formula is C38H60O4S2. The van der Waals surface area contributed by atoms with E-state index in [0.717, 1.165) is 23.3 Å². The van der Waals surface area contributed by atoms with Gasteiger partial charge >= 0.3 is 0 Å². The van der Waals surface area contributed by atoms with Crippen molar-refractivity contribution in [3.63, 3.8) is 0 Å². The Kier molecular flexibility index (Phi) is 10.7. The third kappa shape index (κ3) is 9.59. The summed E-state index contributed by atoms with van der Waals surface area (Å²) in [6, 6.07) is 9.06. The highest BCUT2D eigenvalue weighted by Crippen LogP contribution is 2.51. The first-order valence-corrected chi connectivity index (χ1v) is 17.7. The van der Waals surface area contributed by atoms with Crippen LogP contribution in [0.4, 0.5) is 0 Å². The van der Waals surface area contributed by atoms with Crippen molar-refractivity contribution >= 4 is 23.5 Å². The Morgan fingerprint density at radius 3 is 1.43 bits per heavy atom. The number of hydrogen-bond donors (Lipinski definition) is 1. The molecule has 1 N–H and O–H groups in total. The maximum atomic E-state index is 11.3. The Bertz CT molecular complexity index is 1240. The Labute approximate surface area is 277 Å². The van der Waals surface area contributed by atoms with Crippen LogP contribution in [0.25, 0.3) is 0 Å². The van der Waals surface area contributed by atoms with Crippen LogP contribution in [0.5, 0.6) is 11.5 Å². The van der Waals surface area contributed by atoms with Crippen molar-refractivity contribution in [3.05, 3.63) is 46.5 Å². The van der Waals surface area contributed by atoms with Crippen LogP contribution >= 0.6 is 23.5 Å². The van der Waals surface area contributed by atoms with Crippen LogP contribution < -0.4 is 4.74 Å². The third-order valence-corrected chi connectivity index (χ3v) is 10.3. The summed E-state index contributed by atoms with van der Waals surface area (Å²) < 4.78 is 18.3. The zero-order chi connectivity index (χ0) is 33.7. The lowest BCUT2D eigenvalue weighted by Gasteiger charge is -2.33. The summed E-state index contributed by atoms with van der Waals surface area (Å²) in [5.74, 6) is 0.904. The molecule has 1 aliphatic heterocycles. The monoisotopic (exact) mass is 644 g/mol. The molecule has 0 saturated carbocycles. The van der Waals surface area contributed by atoms with Gasteiger partial charge in [0.2, 0.25) is 0 Å². The zero-order valence-corrected chi connectivity index (χ0v) is 32.1. The number of benzene rings is 2. The van der Waals surface area contributed by atoms with Crippen molar-refractivity contribution in [3.8, 4) is 11.5 Å². The van der Waals surface area contributed by atoms with Crippen LogP contribution in [0, 0.1) is 0 Å². The molecule has 0 unspecified atom stereocenters. The fourth-order valence-corrected chi connectivity index (χ4v) is 8.11. The van der Waals surface area contributed by atoms with Crippen molar-refractivity contribution < 1.29 is 19.3 Å². The van der Waals surface area contributed by atoms with E-state index in [1.165, 1.54) is 20.9 Å². The normalized spacial score (nSPS) is 18.1. The van der Waals surface area contributed by atoms with Gasteiger partial charge < -0.3 is 19.3 Å². The molecule has 3 rings (SSSR count). The second-order valence-electron chi connectivity index (χ2n) is 17.4. The molecule has 4 nitrogen and oxygen atoms in total. The Balaban J connectivity index is 1.98. The topological polar surface area (TPSA) is 47.9 Å². The number of aromatic hydroxyl groups is 1. The summed E-state index contributed by atoms with van der Waals surface area (Å²) in [5.41, 5.74) is 3.93. The molecule has 2 aromatic carbocycles. The quantitative estimate of drug-likeness (QED) is 0.228. The van der Waals surface area contributed by atoms with Crippen LogP contribution in [0.2, 0.25) is 0 Å². The highest BCUT2D eigenvalue weighted by atomic mass is 32.2. The summed E-state index contributed by atoms with van der Waals surface area (Å²) in [7, 11) is 0. The van der Waals surface area contributed by atoms with Crippen LogP contribution in [-0.4, -0.2) is 34.3 Å². The molecule has 0 aliphatic carbocycles. The van der Waals surface area contributed by atoms with Crippen LogP contribution in [0.1, 0.15) is 139 Å². The highest BCUT2D eigenvalue weighted by molar-refractivity contribution is 8.18. The standard InChI is InChI=1S/C38H60O4S2/c1-33(2,3)27-19-25(20-28(31(27)39)34(4,5)6)43-38(15,16)44-26-21-29(35(7,8)9)32(30(22-26)36(10,11)12)40-18-17-24-23-41-37(13,14)42-24/h19-22,24,39H,17-18,23H2,1-16H3/t24-/m0/s1. The molecule has 0 spiro atoms. The summed E-state index contributed by atoms with van der Waals surface area (Å²) in [4.78, 5) is 2.42. The molecule has 1 aliphatic rings. The number of hydrogen-bond acceptors (Lipinski definition) is 6. The first kappa shape index (κ1) is 37.1. The molecular weight excluding hydrogens is 585 g/mol. The van der Waals surface area contributed by atoms with Gasteiger partial charge in [0.05, 0.1) is 23.4 Å². The van der Waals surface area contributed by atoms with E-state index in [1.54, 1.807) is 0 Å². The Hall–Kier alpha value is -1.34. The number of phenolic OH excluding ortho intramolecular Hbond substituents is 1. The van der Waals surface area contributed by atoms with Crippen molar-refractivity contribution in [1.82, 2.24) is 0 Å². The lowest BCUT2D eigenvalue weighted by atomic mass is 9.79. The van der Waals surface area contributed by atoms with E-state index in [9.17, 15) is 5.11 Å². The molecule has 1 fully saturated rings. The first-order chi connectivity index (χ1) is 19.7. The van der Waals surface area contributed by atoms with Gasteiger partial charge in [-0.3, -0.25) is 0 Å². The molecule has 248 valence electrons. The fraction of sp³-hybridized carbons (Fsp3) is 0.684. The van der Waals surface area contributed by atoms with Crippen LogP contribution in [0.3, 0.4) is 0 Å². The fourth-order valence-electron chi connectivity index (χ4n) is 5.53. The summed E-state index contributed by atoms with van der Waals surface area (Å²) in [5, 5.41) is 11.3. The van der Waals surface area contributed by atoms with Crippen molar-refractivity contribution in [2.45, 2.75) is 165 Å². The smallest absolute Gasteiger partial charge is 0.163 e. The Morgan fingerprint density at radius 1 is 0.705 bits per heavy atom. The molecule has 0 bridgehead atoms.